The van der Waals surface area contributed by atoms with Gasteiger partial charge in [0.15, 0.2) is 0 Å². The molecule has 2 aliphatic rings. The number of carbonyl (C=O) groups is 2. The summed E-state index contributed by atoms with van der Waals surface area (Å²) in [5.74, 6) is 0.157. The number of benzene rings is 1. The molecule has 2 atom stereocenters. The van der Waals surface area contributed by atoms with Gasteiger partial charge in [0, 0.05) is 38.6 Å². The van der Waals surface area contributed by atoms with Crippen molar-refractivity contribution in [3.63, 3.8) is 0 Å². The molecular weight excluding hydrogens is 357 g/mol. The second-order valence-electron chi connectivity index (χ2n) is 8.27. The Hall–Kier alpha value is -1.95. The quantitative estimate of drug-likeness (QED) is 0.814. The van der Waals surface area contributed by atoms with E-state index in [1.165, 1.54) is 12.1 Å². The number of nitrogens with zero attached hydrogens (tertiary/aromatic N) is 2. The van der Waals surface area contributed by atoms with Gasteiger partial charge in [-0.3, -0.25) is 9.59 Å². The van der Waals surface area contributed by atoms with Crippen molar-refractivity contribution in [1.29, 1.82) is 0 Å². The maximum atomic E-state index is 12.9. The molecule has 6 heteroatoms. The lowest BCUT2D eigenvalue weighted by atomic mass is 10.00. The van der Waals surface area contributed by atoms with Gasteiger partial charge < -0.3 is 15.1 Å². The highest BCUT2D eigenvalue weighted by molar-refractivity contribution is 5.79. The maximum absolute atomic E-state index is 12.9. The number of likely N-dealkylation sites (tertiary alicyclic amines) is 2. The summed E-state index contributed by atoms with van der Waals surface area (Å²) < 4.78 is 12.9. The fourth-order valence-corrected chi connectivity index (χ4v) is 4.33. The molecule has 1 aromatic rings. The normalized spacial score (nSPS) is 23.4. The van der Waals surface area contributed by atoms with Crippen LogP contribution in [0.5, 0.6) is 0 Å². The summed E-state index contributed by atoms with van der Waals surface area (Å²) in [6, 6.07) is 6.54. The smallest absolute Gasteiger partial charge is 0.226 e. The molecule has 3 rings (SSSR count). The summed E-state index contributed by atoms with van der Waals surface area (Å²) in [7, 11) is 2.03. The minimum atomic E-state index is -0.236. The molecule has 0 radical (unpaired) electrons. The zero-order valence-electron chi connectivity index (χ0n) is 16.8. The van der Waals surface area contributed by atoms with Crippen molar-refractivity contribution < 1.29 is 14.0 Å². The molecule has 154 valence electrons. The SMILES string of the molecule is CN1C[C@@H](NC(=O)CCCc2ccc(F)cc2)CC[C@@H](C(=O)N2CCCC2)C1. The second-order valence-corrected chi connectivity index (χ2v) is 8.27. The third-order valence-electron chi connectivity index (χ3n) is 5.84. The predicted octanol–water partition coefficient (Wildman–Crippen LogP) is 2.60. The van der Waals surface area contributed by atoms with Gasteiger partial charge in [-0.05, 0) is 63.3 Å². The van der Waals surface area contributed by atoms with E-state index in [9.17, 15) is 14.0 Å². The van der Waals surface area contributed by atoms with Crippen molar-refractivity contribution >= 4 is 11.8 Å². The van der Waals surface area contributed by atoms with Crippen LogP contribution in [-0.2, 0) is 16.0 Å². The van der Waals surface area contributed by atoms with Gasteiger partial charge in [0.2, 0.25) is 11.8 Å². The van der Waals surface area contributed by atoms with E-state index in [1.54, 1.807) is 12.1 Å². The molecular formula is C22H32FN3O2. The number of rotatable bonds is 6. The number of aryl methyl sites for hydroxylation is 1. The minimum absolute atomic E-state index is 0.0449. The molecule has 2 aliphatic heterocycles. The molecule has 0 unspecified atom stereocenters. The first-order valence-corrected chi connectivity index (χ1v) is 10.5. The maximum Gasteiger partial charge on any atom is 0.226 e. The van der Waals surface area contributed by atoms with Crippen LogP contribution in [0, 0.1) is 11.7 Å². The summed E-state index contributed by atoms with van der Waals surface area (Å²) >= 11 is 0. The van der Waals surface area contributed by atoms with E-state index in [-0.39, 0.29) is 29.6 Å². The number of likely N-dealkylation sites (N-methyl/N-ethyl adjacent to an activating group) is 1. The van der Waals surface area contributed by atoms with E-state index in [0.717, 1.165) is 70.3 Å². The Bertz CT molecular complexity index is 658. The molecule has 0 aromatic heterocycles. The van der Waals surface area contributed by atoms with Gasteiger partial charge in [-0.15, -0.1) is 0 Å². The van der Waals surface area contributed by atoms with Crippen molar-refractivity contribution in [3.05, 3.63) is 35.6 Å². The van der Waals surface area contributed by atoms with E-state index < -0.39 is 0 Å². The molecule has 2 saturated heterocycles. The zero-order chi connectivity index (χ0) is 19.9. The van der Waals surface area contributed by atoms with Gasteiger partial charge in [-0.1, -0.05) is 12.1 Å². The summed E-state index contributed by atoms with van der Waals surface area (Å²) in [5.41, 5.74) is 1.05. The third kappa shape index (κ3) is 6.03. The first-order valence-electron chi connectivity index (χ1n) is 10.5. The molecule has 2 amide bonds. The van der Waals surface area contributed by atoms with Gasteiger partial charge in [-0.2, -0.15) is 0 Å². The molecule has 0 saturated carbocycles. The lowest BCUT2D eigenvalue weighted by molar-refractivity contribution is -0.135. The number of carbonyl (C=O) groups excluding carboxylic acids is 2. The van der Waals surface area contributed by atoms with Crippen LogP contribution in [0.1, 0.15) is 44.1 Å². The number of hydrogen-bond donors (Lipinski definition) is 1. The third-order valence-corrected chi connectivity index (χ3v) is 5.84. The van der Waals surface area contributed by atoms with E-state index in [4.69, 9.17) is 0 Å². The minimum Gasteiger partial charge on any atom is -0.352 e. The number of nitrogens with one attached hydrogen (secondary N) is 1. The standard InChI is InChI=1S/C22H32FN3O2/c1-25-15-18(22(28)26-13-2-3-14-26)9-12-20(16-25)24-21(27)6-4-5-17-7-10-19(23)11-8-17/h7-8,10-11,18,20H,2-6,9,12-16H2,1H3,(H,24,27)/t18-,20+/m1/s1. The monoisotopic (exact) mass is 389 g/mol. The Kier molecular flexibility index (Phi) is 7.43. The summed E-state index contributed by atoms with van der Waals surface area (Å²) in [4.78, 5) is 29.2. The fraction of sp³-hybridized carbons (Fsp3) is 0.636. The first-order chi connectivity index (χ1) is 13.5. The molecule has 5 nitrogen and oxygen atoms in total. The zero-order valence-corrected chi connectivity index (χ0v) is 16.8. The fourth-order valence-electron chi connectivity index (χ4n) is 4.33. The van der Waals surface area contributed by atoms with Crippen LogP contribution in [0.15, 0.2) is 24.3 Å². The molecule has 0 bridgehead atoms. The summed E-state index contributed by atoms with van der Waals surface area (Å²) in [6.07, 6.45) is 5.89. The summed E-state index contributed by atoms with van der Waals surface area (Å²) in [5, 5.41) is 3.15. The first kappa shape index (κ1) is 20.8. The van der Waals surface area contributed by atoms with Crippen molar-refractivity contribution in [1.82, 2.24) is 15.1 Å². The van der Waals surface area contributed by atoms with E-state index in [2.05, 4.69) is 10.2 Å². The Balaban J connectivity index is 1.41. The van der Waals surface area contributed by atoms with Crippen molar-refractivity contribution in [2.75, 3.05) is 33.2 Å². The Morgan fingerprint density at radius 2 is 1.82 bits per heavy atom. The lowest BCUT2D eigenvalue weighted by Gasteiger charge is -2.24. The number of hydrogen-bond acceptors (Lipinski definition) is 3. The molecule has 2 heterocycles. The second kappa shape index (κ2) is 10.0. The van der Waals surface area contributed by atoms with E-state index in [1.807, 2.05) is 11.9 Å². The van der Waals surface area contributed by atoms with Crippen LogP contribution in [0.25, 0.3) is 0 Å². The van der Waals surface area contributed by atoms with Crippen LogP contribution in [-0.4, -0.2) is 60.9 Å². The van der Waals surface area contributed by atoms with Crippen molar-refractivity contribution in [2.45, 2.75) is 51.0 Å². The van der Waals surface area contributed by atoms with Crippen LogP contribution in [0.2, 0.25) is 0 Å². The highest BCUT2D eigenvalue weighted by Crippen LogP contribution is 2.21. The van der Waals surface area contributed by atoms with Gasteiger partial charge in [0.1, 0.15) is 5.82 Å². The Labute approximate surface area is 167 Å². The van der Waals surface area contributed by atoms with Gasteiger partial charge in [0.25, 0.3) is 0 Å². The largest absolute Gasteiger partial charge is 0.352 e. The predicted molar refractivity (Wildman–Crippen MR) is 107 cm³/mol. The average molecular weight is 390 g/mol. The number of halogens is 1. The van der Waals surface area contributed by atoms with Crippen LogP contribution in [0.3, 0.4) is 0 Å². The van der Waals surface area contributed by atoms with Crippen LogP contribution >= 0.6 is 0 Å². The van der Waals surface area contributed by atoms with Gasteiger partial charge >= 0.3 is 0 Å². The van der Waals surface area contributed by atoms with Gasteiger partial charge in [-0.25, -0.2) is 4.39 Å². The highest BCUT2D eigenvalue weighted by Gasteiger charge is 2.31. The Morgan fingerprint density at radius 3 is 2.54 bits per heavy atom. The molecule has 1 N–H and O–H groups in total. The number of amides is 2. The van der Waals surface area contributed by atoms with Gasteiger partial charge in [0.05, 0.1) is 5.92 Å². The van der Waals surface area contributed by atoms with Crippen LogP contribution < -0.4 is 5.32 Å². The molecule has 0 spiro atoms. The molecule has 1 aromatic carbocycles. The Morgan fingerprint density at radius 1 is 1.11 bits per heavy atom. The van der Waals surface area contributed by atoms with E-state index >= 15 is 0 Å². The van der Waals surface area contributed by atoms with Crippen molar-refractivity contribution in [2.24, 2.45) is 5.92 Å². The molecule has 0 aliphatic carbocycles. The highest BCUT2D eigenvalue weighted by atomic mass is 19.1. The molecule has 2 fully saturated rings. The molecule has 28 heavy (non-hydrogen) atoms. The van der Waals surface area contributed by atoms with Crippen LogP contribution in [0.4, 0.5) is 4.39 Å². The topological polar surface area (TPSA) is 52.7 Å². The lowest BCUT2D eigenvalue weighted by Crippen LogP contribution is -2.42. The summed E-state index contributed by atoms with van der Waals surface area (Å²) in [6.45, 7) is 3.35. The average Bonchev–Trinajstić information content (AvgIpc) is 3.14. The van der Waals surface area contributed by atoms with Crippen molar-refractivity contribution in [3.8, 4) is 0 Å². The van der Waals surface area contributed by atoms with E-state index in [0.29, 0.717) is 6.42 Å².